The number of benzene rings is 1. The SMILES string of the molecule is CCOc1cc2c(cc1C(Cl)C#N)OC(C)C2. The van der Waals surface area contributed by atoms with E-state index in [1.807, 2.05) is 32.0 Å². The topological polar surface area (TPSA) is 42.2 Å². The van der Waals surface area contributed by atoms with E-state index in [9.17, 15) is 0 Å². The van der Waals surface area contributed by atoms with Gasteiger partial charge in [0.25, 0.3) is 0 Å². The molecule has 0 N–H and O–H groups in total. The molecule has 4 heteroatoms. The quantitative estimate of drug-likeness (QED) is 0.775. The highest BCUT2D eigenvalue weighted by Crippen LogP contribution is 2.39. The van der Waals surface area contributed by atoms with Gasteiger partial charge >= 0.3 is 0 Å². The van der Waals surface area contributed by atoms with E-state index < -0.39 is 5.38 Å². The minimum atomic E-state index is -0.707. The van der Waals surface area contributed by atoms with Crippen molar-refractivity contribution in [2.45, 2.75) is 31.7 Å². The normalized spacial score (nSPS) is 19.1. The third-order valence-electron chi connectivity index (χ3n) is 2.71. The van der Waals surface area contributed by atoms with E-state index >= 15 is 0 Å². The van der Waals surface area contributed by atoms with Crippen LogP contribution in [-0.2, 0) is 6.42 Å². The fraction of sp³-hybridized carbons (Fsp3) is 0.462. The Morgan fingerprint density at radius 2 is 2.41 bits per heavy atom. The number of alkyl halides is 1. The lowest BCUT2D eigenvalue weighted by Gasteiger charge is -2.12. The largest absolute Gasteiger partial charge is 0.493 e. The third-order valence-corrected chi connectivity index (χ3v) is 3.05. The van der Waals surface area contributed by atoms with Gasteiger partial charge in [-0.15, -0.1) is 11.6 Å². The first kappa shape index (κ1) is 12.1. The maximum Gasteiger partial charge on any atom is 0.149 e. The molecule has 0 bridgehead atoms. The molecule has 3 nitrogen and oxygen atoms in total. The third kappa shape index (κ3) is 2.32. The Balaban J connectivity index is 2.44. The molecule has 0 saturated carbocycles. The predicted octanol–water partition coefficient (Wildman–Crippen LogP) is 3.21. The molecule has 1 aliphatic heterocycles. The Morgan fingerprint density at radius 1 is 1.65 bits per heavy atom. The van der Waals surface area contributed by atoms with Crippen LogP contribution in [0.15, 0.2) is 12.1 Å². The molecule has 1 aliphatic rings. The average Bonchev–Trinajstić information content (AvgIpc) is 2.66. The van der Waals surface area contributed by atoms with Crippen LogP contribution in [0.5, 0.6) is 11.5 Å². The summed E-state index contributed by atoms with van der Waals surface area (Å²) in [6.07, 6.45) is 1.04. The van der Waals surface area contributed by atoms with E-state index in [1.54, 1.807) is 0 Å². The summed E-state index contributed by atoms with van der Waals surface area (Å²) >= 11 is 5.97. The van der Waals surface area contributed by atoms with Gasteiger partial charge in [-0.3, -0.25) is 0 Å². The molecule has 0 saturated heterocycles. The smallest absolute Gasteiger partial charge is 0.149 e. The van der Waals surface area contributed by atoms with Gasteiger partial charge in [0.15, 0.2) is 0 Å². The molecule has 1 aromatic carbocycles. The number of hydrogen-bond donors (Lipinski definition) is 0. The van der Waals surface area contributed by atoms with Crippen molar-refractivity contribution in [1.29, 1.82) is 5.26 Å². The molecule has 90 valence electrons. The van der Waals surface area contributed by atoms with Gasteiger partial charge in [-0.2, -0.15) is 5.26 Å². The van der Waals surface area contributed by atoms with Crippen molar-refractivity contribution >= 4 is 11.6 Å². The molecule has 2 unspecified atom stereocenters. The summed E-state index contributed by atoms with van der Waals surface area (Å²) in [5.41, 5.74) is 1.80. The number of hydrogen-bond acceptors (Lipinski definition) is 3. The van der Waals surface area contributed by atoms with Gasteiger partial charge in [0, 0.05) is 17.5 Å². The van der Waals surface area contributed by atoms with E-state index in [1.165, 1.54) is 0 Å². The maximum absolute atomic E-state index is 8.90. The Morgan fingerprint density at radius 3 is 3.06 bits per heavy atom. The van der Waals surface area contributed by atoms with E-state index in [2.05, 4.69) is 0 Å². The number of nitriles is 1. The molecule has 1 heterocycles. The first-order chi connectivity index (χ1) is 8.15. The van der Waals surface area contributed by atoms with Gasteiger partial charge in [-0.25, -0.2) is 0 Å². The minimum absolute atomic E-state index is 0.172. The lowest BCUT2D eigenvalue weighted by Crippen LogP contribution is -2.05. The highest BCUT2D eigenvalue weighted by atomic mass is 35.5. The molecule has 0 aromatic heterocycles. The highest BCUT2D eigenvalue weighted by molar-refractivity contribution is 6.22. The zero-order chi connectivity index (χ0) is 12.4. The van der Waals surface area contributed by atoms with Crippen LogP contribution < -0.4 is 9.47 Å². The summed E-state index contributed by atoms with van der Waals surface area (Å²) in [4.78, 5) is 0. The van der Waals surface area contributed by atoms with Crippen LogP contribution in [-0.4, -0.2) is 12.7 Å². The zero-order valence-electron chi connectivity index (χ0n) is 9.87. The van der Waals surface area contributed by atoms with Crippen molar-refractivity contribution in [3.63, 3.8) is 0 Å². The van der Waals surface area contributed by atoms with Gasteiger partial charge in [0.1, 0.15) is 23.0 Å². The van der Waals surface area contributed by atoms with Crippen LogP contribution >= 0.6 is 11.6 Å². The lowest BCUT2D eigenvalue weighted by molar-refractivity contribution is 0.254. The van der Waals surface area contributed by atoms with Crippen LogP contribution in [0.1, 0.15) is 30.4 Å². The van der Waals surface area contributed by atoms with E-state index in [-0.39, 0.29) is 6.10 Å². The van der Waals surface area contributed by atoms with Crippen molar-refractivity contribution < 1.29 is 9.47 Å². The molecule has 0 radical (unpaired) electrons. The van der Waals surface area contributed by atoms with Gasteiger partial charge in [0.05, 0.1) is 12.7 Å². The first-order valence-electron chi connectivity index (χ1n) is 5.65. The maximum atomic E-state index is 8.90. The second kappa shape index (κ2) is 4.85. The molecule has 2 rings (SSSR count). The summed E-state index contributed by atoms with van der Waals surface area (Å²) < 4.78 is 11.2. The van der Waals surface area contributed by atoms with Crippen molar-refractivity contribution in [3.8, 4) is 17.6 Å². The van der Waals surface area contributed by atoms with Gasteiger partial charge < -0.3 is 9.47 Å². The minimum Gasteiger partial charge on any atom is -0.493 e. The number of halogens is 1. The Hall–Kier alpha value is -1.40. The summed E-state index contributed by atoms with van der Waals surface area (Å²) in [6, 6.07) is 5.77. The summed E-state index contributed by atoms with van der Waals surface area (Å²) in [7, 11) is 0. The van der Waals surface area contributed by atoms with Crippen molar-refractivity contribution in [3.05, 3.63) is 23.3 Å². The van der Waals surface area contributed by atoms with E-state index in [0.717, 1.165) is 17.7 Å². The van der Waals surface area contributed by atoms with Crippen LogP contribution in [0.2, 0.25) is 0 Å². The molecule has 0 spiro atoms. The number of rotatable bonds is 3. The number of fused-ring (bicyclic) bond motifs is 1. The average molecular weight is 252 g/mol. The van der Waals surface area contributed by atoms with Crippen molar-refractivity contribution in [1.82, 2.24) is 0 Å². The van der Waals surface area contributed by atoms with Crippen LogP contribution in [0.25, 0.3) is 0 Å². The van der Waals surface area contributed by atoms with Gasteiger partial charge in [0.2, 0.25) is 0 Å². The van der Waals surface area contributed by atoms with Crippen molar-refractivity contribution in [2.75, 3.05) is 6.61 Å². The Kier molecular flexibility index (Phi) is 3.44. The first-order valence-corrected chi connectivity index (χ1v) is 6.09. The molecule has 0 aliphatic carbocycles. The molecule has 2 atom stereocenters. The second-order valence-electron chi connectivity index (χ2n) is 4.06. The molecule has 17 heavy (non-hydrogen) atoms. The second-order valence-corrected chi connectivity index (χ2v) is 4.49. The van der Waals surface area contributed by atoms with E-state index in [0.29, 0.717) is 17.9 Å². The predicted molar refractivity (Wildman–Crippen MR) is 65.6 cm³/mol. The highest BCUT2D eigenvalue weighted by Gasteiger charge is 2.24. The van der Waals surface area contributed by atoms with Crippen molar-refractivity contribution in [2.24, 2.45) is 0 Å². The molecular weight excluding hydrogens is 238 g/mol. The fourth-order valence-electron chi connectivity index (χ4n) is 2.00. The monoisotopic (exact) mass is 251 g/mol. The molecule has 0 fully saturated rings. The lowest BCUT2D eigenvalue weighted by atomic mass is 10.0. The summed E-state index contributed by atoms with van der Waals surface area (Å²) in [5, 5.41) is 8.20. The molecule has 1 aromatic rings. The van der Waals surface area contributed by atoms with Gasteiger partial charge in [-0.1, -0.05) is 0 Å². The number of nitrogens with zero attached hydrogens (tertiary/aromatic N) is 1. The molecular formula is C13H14ClNO2. The Labute approximate surface area is 106 Å². The molecule has 0 amide bonds. The van der Waals surface area contributed by atoms with Gasteiger partial charge in [-0.05, 0) is 26.0 Å². The zero-order valence-corrected chi connectivity index (χ0v) is 10.6. The van der Waals surface area contributed by atoms with Crippen LogP contribution in [0.3, 0.4) is 0 Å². The fourth-order valence-corrected chi connectivity index (χ4v) is 2.17. The van der Waals surface area contributed by atoms with E-state index in [4.69, 9.17) is 26.3 Å². The Bertz CT molecular complexity index is 467. The van der Waals surface area contributed by atoms with Crippen LogP contribution in [0.4, 0.5) is 0 Å². The summed E-state index contributed by atoms with van der Waals surface area (Å²) in [5.74, 6) is 1.50. The summed E-state index contributed by atoms with van der Waals surface area (Å²) in [6.45, 7) is 4.48. The standard InChI is InChI=1S/C13H14ClNO2/c1-3-16-13-5-9-4-8(2)17-12(9)6-10(13)11(14)7-15/h5-6,8,11H,3-4H2,1-2H3. The van der Waals surface area contributed by atoms with Crippen LogP contribution in [0, 0.1) is 11.3 Å². The number of ether oxygens (including phenoxy) is 2.